The Bertz CT molecular complexity index is 135. The minimum Gasteiger partial charge on any atom is -0.380 e. The summed E-state index contributed by atoms with van der Waals surface area (Å²) in [6.45, 7) is 3.25. The normalized spacial score (nSPS) is 16.3. The summed E-state index contributed by atoms with van der Waals surface area (Å²) in [6, 6.07) is 0. The zero-order chi connectivity index (χ0) is 7.94. The molecule has 0 atom stereocenters. The summed E-state index contributed by atoms with van der Waals surface area (Å²) in [4.78, 5) is 0. The maximum atomic E-state index is 5.37. The standard InChI is InChI=1S/C9H15NO/c1-2-5-10-6-7-11-8-9-3-4-9/h1,9-10H,3-8H2. The van der Waals surface area contributed by atoms with Crippen molar-refractivity contribution in [1.29, 1.82) is 0 Å². The van der Waals surface area contributed by atoms with Crippen LogP contribution in [0.3, 0.4) is 0 Å². The number of hydrogen-bond acceptors (Lipinski definition) is 2. The average Bonchev–Trinajstić information content (AvgIpc) is 2.80. The Balaban J connectivity index is 1.70. The molecule has 1 saturated carbocycles. The van der Waals surface area contributed by atoms with E-state index < -0.39 is 0 Å². The molecule has 0 aliphatic heterocycles. The van der Waals surface area contributed by atoms with Crippen molar-refractivity contribution in [3.8, 4) is 12.3 Å². The van der Waals surface area contributed by atoms with Crippen LogP contribution in [0.15, 0.2) is 0 Å². The van der Waals surface area contributed by atoms with Gasteiger partial charge in [0.2, 0.25) is 0 Å². The maximum Gasteiger partial charge on any atom is 0.0591 e. The lowest BCUT2D eigenvalue weighted by molar-refractivity contribution is 0.127. The Hall–Kier alpha value is -0.520. The zero-order valence-electron chi connectivity index (χ0n) is 6.81. The molecule has 0 bridgehead atoms. The summed E-state index contributed by atoms with van der Waals surface area (Å²) in [5.74, 6) is 3.38. The van der Waals surface area contributed by atoms with Gasteiger partial charge in [0.1, 0.15) is 0 Å². The van der Waals surface area contributed by atoms with Gasteiger partial charge < -0.3 is 10.1 Å². The van der Waals surface area contributed by atoms with E-state index in [-0.39, 0.29) is 0 Å². The monoisotopic (exact) mass is 153 g/mol. The van der Waals surface area contributed by atoms with E-state index in [4.69, 9.17) is 11.2 Å². The SMILES string of the molecule is C#CCNCCOCC1CC1. The first kappa shape index (κ1) is 8.58. The second-order valence-electron chi connectivity index (χ2n) is 2.90. The van der Waals surface area contributed by atoms with Gasteiger partial charge in [-0.2, -0.15) is 0 Å². The lowest BCUT2D eigenvalue weighted by atomic mass is 10.5. The summed E-state index contributed by atoms with van der Waals surface area (Å²) in [5.41, 5.74) is 0. The highest BCUT2D eigenvalue weighted by atomic mass is 16.5. The molecule has 0 spiro atoms. The molecule has 62 valence electrons. The molecule has 1 aliphatic carbocycles. The van der Waals surface area contributed by atoms with Crippen LogP contribution in [-0.4, -0.2) is 26.3 Å². The third-order valence-corrected chi connectivity index (χ3v) is 1.70. The van der Waals surface area contributed by atoms with Crippen LogP contribution in [-0.2, 0) is 4.74 Å². The summed E-state index contributed by atoms with van der Waals surface area (Å²) in [7, 11) is 0. The van der Waals surface area contributed by atoms with E-state index in [2.05, 4.69) is 11.2 Å². The molecule has 0 aromatic heterocycles. The molecule has 0 saturated heterocycles. The van der Waals surface area contributed by atoms with Gasteiger partial charge in [0.05, 0.1) is 13.2 Å². The van der Waals surface area contributed by atoms with E-state index in [1.54, 1.807) is 0 Å². The Morgan fingerprint density at radius 3 is 3.00 bits per heavy atom. The Morgan fingerprint density at radius 1 is 1.55 bits per heavy atom. The molecule has 0 unspecified atom stereocenters. The van der Waals surface area contributed by atoms with E-state index in [0.717, 1.165) is 25.7 Å². The second kappa shape index (κ2) is 5.17. The van der Waals surface area contributed by atoms with Crippen LogP contribution in [0.5, 0.6) is 0 Å². The molecule has 0 aromatic carbocycles. The van der Waals surface area contributed by atoms with E-state index in [0.29, 0.717) is 6.54 Å². The summed E-state index contributed by atoms with van der Waals surface area (Å²) in [6.07, 6.45) is 7.77. The van der Waals surface area contributed by atoms with Crippen molar-refractivity contribution in [3.63, 3.8) is 0 Å². The van der Waals surface area contributed by atoms with Gasteiger partial charge in [-0.15, -0.1) is 6.42 Å². The quantitative estimate of drug-likeness (QED) is 0.446. The molecular formula is C9H15NO. The molecule has 1 N–H and O–H groups in total. The second-order valence-corrected chi connectivity index (χ2v) is 2.90. The topological polar surface area (TPSA) is 21.3 Å². The highest BCUT2D eigenvalue weighted by Gasteiger charge is 2.20. The van der Waals surface area contributed by atoms with Gasteiger partial charge in [0, 0.05) is 13.2 Å². The van der Waals surface area contributed by atoms with Crippen LogP contribution >= 0.6 is 0 Å². The number of ether oxygens (including phenoxy) is 1. The van der Waals surface area contributed by atoms with Gasteiger partial charge in [-0.1, -0.05) is 5.92 Å². The van der Waals surface area contributed by atoms with Crippen molar-refractivity contribution >= 4 is 0 Å². The fraction of sp³-hybridized carbons (Fsp3) is 0.778. The van der Waals surface area contributed by atoms with Crippen LogP contribution in [0.2, 0.25) is 0 Å². The predicted molar refractivity (Wildman–Crippen MR) is 45.2 cm³/mol. The average molecular weight is 153 g/mol. The molecule has 1 fully saturated rings. The van der Waals surface area contributed by atoms with Gasteiger partial charge in [0.25, 0.3) is 0 Å². The molecule has 11 heavy (non-hydrogen) atoms. The highest BCUT2D eigenvalue weighted by Crippen LogP contribution is 2.28. The molecule has 2 heteroatoms. The Labute approximate surface area is 68.3 Å². The van der Waals surface area contributed by atoms with Crippen molar-refractivity contribution < 1.29 is 4.74 Å². The lowest BCUT2D eigenvalue weighted by Crippen LogP contribution is -2.20. The van der Waals surface area contributed by atoms with Gasteiger partial charge in [-0.25, -0.2) is 0 Å². The molecule has 2 nitrogen and oxygen atoms in total. The smallest absolute Gasteiger partial charge is 0.0591 e. The molecule has 1 rings (SSSR count). The fourth-order valence-electron chi connectivity index (χ4n) is 0.839. The number of nitrogens with one attached hydrogen (secondary N) is 1. The first-order valence-corrected chi connectivity index (χ1v) is 4.15. The molecule has 0 amide bonds. The largest absolute Gasteiger partial charge is 0.380 e. The van der Waals surface area contributed by atoms with Gasteiger partial charge >= 0.3 is 0 Å². The highest BCUT2D eigenvalue weighted by molar-refractivity contribution is 4.86. The van der Waals surface area contributed by atoms with E-state index in [9.17, 15) is 0 Å². The van der Waals surface area contributed by atoms with Gasteiger partial charge in [-0.3, -0.25) is 0 Å². The third kappa shape index (κ3) is 4.83. The zero-order valence-corrected chi connectivity index (χ0v) is 6.81. The molecular weight excluding hydrogens is 138 g/mol. The van der Waals surface area contributed by atoms with Crippen molar-refractivity contribution in [2.75, 3.05) is 26.3 Å². The molecule has 0 aromatic rings. The maximum absolute atomic E-state index is 5.37. The fourth-order valence-corrected chi connectivity index (χ4v) is 0.839. The van der Waals surface area contributed by atoms with Crippen molar-refractivity contribution in [3.05, 3.63) is 0 Å². The summed E-state index contributed by atoms with van der Waals surface area (Å²) < 4.78 is 5.37. The molecule has 1 aliphatic rings. The van der Waals surface area contributed by atoms with Crippen molar-refractivity contribution in [1.82, 2.24) is 5.32 Å². The first-order valence-electron chi connectivity index (χ1n) is 4.15. The van der Waals surface area contributed by atoms with Crippen LogP contribution < -0.4 is 5.32 Å². The number of terminal acetylenes is 1. The van der Waals surface area contributed by atoms with Crippen molar-refractivity contribution in [2.24, 2.45) is 5.92 Å². The van der Waals surface area contributed by atoms with Crippen LogP contribution in [0, 0.1) is 18.3 Å². The Kier molecular flexibility index (Phi) is 4.03. The Morgan fingerprint density at radius 2 is 2.36 bits per heavy atom. The van der Waals surface area contributed by atoms with Crippen LogP contribution in [0.4, 0.5) is 0 Å². The molecule has 0 radical (unpaired) electrons. The first-order chi connectivity index (χ1) is 5.43. The number of hydrogen-bond donors (Lipinski definition) is 1. The van der Waals surface area contributed by atoms with E-state index >= 15 is 0 Å². The van der Waals surface area contributed by atoms with Crippen molar-refractivity contribution in [2.45, 2.75) is 12.8 Å². The minimum absolute atomic E-state index is 0.646. The molecule has 0 heterocycles. The third-order valence-electron chi connectivity index (χ3n) is 1.70. The van der Waals surface area contributed by atoms with Crippen LogP contribution in [0.1, 0.15) is 12.8 Å². The predicted octanol–water partition coefficient (Wildman–Crippen LogP) is 0.636. The van der Waals surface area contributed by atoms with E-state index in [1.165, 1.54) is 12.8 Å². The summed E-state index contributed by atoms with van der Waals surface area (Å²) >= 11 is 0. The summed E-state index contributed by atoms with van der Waals surface area (Å²) in [5, 5.41) is 3.07. The van der Waals surface area contributed by atoms with Crippen LogP contribution in [0.25, 0.3) is 0 Å². The lowest BCUT2D eigenvalue weighted by Gasteiger charge is -2.01. The number of rotatable bonds is 6. The van der Waals surface area contributed by atoms with Gasteiger partial charge in [0.15, 0.2) is 0 Å². The minimum atomic E-state index is 0.646. The van der Waals surface area contributed by atoms with Gasteiger partial charge in [-0.05, 0) is 18.8 Å². The van der Waals surface area contributed by atoms with E-state index in [1.807, 2.05) is 0 Å².